The van der Waals surface area contributed by atoms with Crippen LogP contribution in [0, 0.1) is 26.7 Å². The lowest BCUT2D eigenvalue weighted by Crippen LogP contribution is -2.28. The number of Topliss-reactive ketones (excluding diaryl/α,β-unsaturated/α-hetero) is 1. The number of fused-ring (bicyclic) bond motifs is 2. The molecule has 3 heterocycles. The third-order valence-electron chi connectivity index (χ3n) is 8.17. The van der Waals surface area contributed by atoms with Crippen molar-refractivity contribution in [1.82, 2.24) is 0 Å². The molecule has 6 nitrogen and oxygen atoms in total. The third-order valence-corrected chi connectivity index (χ3v) is 8.17. The first-order valence-corrected chi connectivity index (χ1v) is 13.7. The fourth-order valence-corrected chi connectivity index (χ4v) is 5.89. The number of allylic oxidation sites excluding steroid dienone is 4. The molecule has 1 aromatic heterocycles. The largest absolute Gasteiger partial charge is 0.493 e. The van der Waals surface area contributed by atoms with Crippen LogP contribution in [0.3, 0.4) is 0 Å². The molecule has 3 aliphatic rings. The molecule has 1 fully saturated rings. The average molecular weight is 537 g/mol. The maximum Gasteiger partial charge on any atom is 0.334 e. The van der Waals surface area contributed by atoms with Gasteiger partial charge in [-0.3, -0.25) is 4.79 Å². The summed E-state index contributed by atoms with van der Waals surface area (Å²) in [6.07, 6.45) is 4.26. The molecule has 1 aliphatic carbocycles. The topological polar surface area (TPSA) is 75.0 Å². The molecule has 2 atom stereocenters. The monoisotopic (exact) mass is 536 g/mol. The highest BCUT2D eigenvalue weighted by atomic mass is 16.5. The summed E-state index contributed by atoms with van der Waals surface area (Å²) in [5.41, 5.74) is 7.76. The minimum absolute atomic E-state index is 0.189. The molecule has 1 saturated heterocycles. The molecule has 0 N–H and O–H groups in total. The van der Waals surface area contributed by atoms with E-state index in [0.717, 1.165) is 40.2 Å². The molecule has 3 aromatic rings. The SMILES string of the molecule is CCOC(=O)C1=C(C)C=C2O/C(=C\c3ccc(-c4cc(C)c(C)c(C)c4)o3)C(=O)C2C1c1ccc2c(c1)OCC2. The number of rotatable bonds is 5. The van der Waals surface area contributed by atoms with Crippen molar-refractivity contribution in [3.8, 4) is 17.1 Å². The van der Waals surface area contributed by atoms with Crippen molar-refractivity contribution < 1.29 is 28.2 Å². The van der Waals surface area contributed by atoms with Crippen molar-refractivity contribution in [3.05, 3.63) is 105 Å². The molecule has 0 spiro atoms. The standard InChI is InChI=1S/C34H32O6/c1-6-37-34(36)30-20(4)15-28-32(31(30)23-8-7-22-11-12-38-27(22)16-23)33(35)29(40-28)17-25-9-10-26(39-25)24-13-18(2)21(5)19(3)14-24/h7-10,13-17,31-32H,6,11-12H2,1-5H3/b29-17-. The zero-order chi connectivity index (χ0) is 28.1. The number of carbonyl (C=O) groups is 2. The van der Waals surface area contributed by atoms with Crippen molar-refractivity contribution in [2.75, 3.05) is 13.2 Å². The van der Waals surface area contributed by atoms with Crippen molar-refractivity contribution in [2.45, 2.75) is 47.0 Å². The van der Waals surface area contributed by atoms with Crippen molar-refractivity contribution in [3.63, 3.8) is 0 Å². The predicted molar refractivity (Wildman–Crippen MR) is 152 cm³/mol. The van der Waals surface area contributed by atoms with E-state index in [1.807, 2.05) is 37.3 Å². The van der Waals surface area contributed by atoms with Crippen LogP contribution in [0.5, 0.6) is 5.75 Å². The van der Waals surface area contributed by atoms with Crippen LogP contribution in [0.4, 0.5) is 0 Å². The van der Waals surface area contributed by atoms with Gasteiger partial charge in [-0.25, -0.2) is 4.79 Å². The highest BCUT2D eigenvalue weighted by Crippen LogP contribution is 2.49. The van der Waals surface area contributed by atoms with Crippen molar-refractivity contribution >= 4 is 17.8 Å². The maximum absolute atomic E-state index is 13.9. The first-order chi connectivity index (χ1) is 19.2. The zero-order valence-electron chi connectivity index (χ0n) is 23.4. The van der Waals surface area contributed by atoms with Crippen LogP contribution in [-0.2, 0) is 25.5 Å². The quantitative estimate of drug-likeness (QED) is 0.260. The van der Waals surface area contributed by atoms with E-state index in [1.54, 1.807) is 19.1 Å². The van der Waals surface area contributed by atoms with Gasteiger partial charge in [-0.05, 0) is 104 Å². The number of benzene rings is 2. The minimum atomic E-state index is -0.689. The van der Waals surface area contributed by atoms with Crippen LogP contribution >= 0.6 is 0 Å². The van der Waals surface area contributed by atoms with E-state index >= 15 is 0 Å². The molecule has 0 amide bonds. The van der Waals surface area contributed by atoms with Crippen LogP contribution in [0.15, 0.2) is 75.6 Å². The Morgan fingerprint density at radius 2 is 1.80 bits per heavy atom. The van der Waals surface area contributed by atoms with Gasteiger partial charge in [0.2, 0.25) is 5.78 Å². The highest BCUT2D eigenvalue weighted by molar-refractivity contribution is 6.06. The second kappa shape index (κ2) is 10.0. The molecule has 6 heteroatoms. The fourth-order valence-electron chi connectivity index (χ4n) is 5.89. The molecule has 2 unspecified atom stereocenters. The van der Waals surface area contributed by atoms with Gasteiger partial charge >= 0.3 is 5.97 Å². The fraction of sp³-hybridized carbons (Fsp3) is 0.294. The first-order valence-electron chi connectivity index (χ1n) is 13.7. The van der Waals surface area contributed by atoms with E-state index in [9.17, 15) is 9.59 Å². The van der Waals surface area contributed by atoms with Gasteiger partial charge in [0.05, 0.1) is 19.1 Å². The summed E-state index contributed by atoms with van der Waals surface area (Å²) in [5.74, 6) is 0.867. The number of hydrogen-bond acceptors (Lipinski definition) is 6. The summed E-state index contributed by atoms with van der Waals surface area (Å²) in [6, 6.07) is 13.9. The summed E-state index contributed by atoms with van der Waals surface area (Å²) >= 11 is 0. The van der Waals surface area contributed by atoms with E-state index < -0.39 is 17.8 Å². The normalized spacial score (nSPS) is 20.7. The minimum Gasteiger partial charge on any atom is -0.493 e. The van der Waals surface area contributed by atoms with Gasteiger partial charge in [0.15, 0.2) is 5.76 Å². The van der Waals surface area contributed by atoms with Gasteiger partial charge in [0, 0.05) is 29.6 Å². The van der Waals surface area contributed by atoms with E-state index in [-0.39, 0.29) is 18.1 Å². The van der Waals surface area contributed by atoms with Crippen molar-refractivity contribution in [2.24, 2.45) is 5.92 Å². The molecule has 2 aliphatic heterocycles. The Labute approximate surface area is 233 Å². The van der Waals surface area contributed by atoms with Gasteiger partial charge in [-0.2, -0.15) is 0 Å². The Morgan fingerprint density at radius 3 is 2.55 bits per heavy atom. The van der Waals surface area contributed by atoms with Gasteiger partial charge in [0.25, 0.3) is 0 Å². The van der Waals surface area contributed by atoms with Crippen LogP contribution in [0.25, 0.3) is 17.4 Å². The average Bonchev–Trinajstić information content (AvgIpc) is 3.65. The summed E-state index contributed by atoms with van der Waals surface area (Å²) in [7, 11) is 0. The Kier molecular flexibility index (Phi) is 6.49. The maximum atomic E-state index is 13.9. The molecular formula is C34H32O6. The molecule has 2 aromatic carbocycles. The number of ketones is 1. The molecule has 0 bridgehead atoms. The molecule has 204 valence electrons. The summed E-state index contributed by atoms with van der Waals surface area (Å²) in [6.45, 7) is 10.8. The summed E-state index contributed by atoms with van der Waals surface area (Å²) in [5, 5.41) is 0. The first kappa shape index (κ1) is 25.9. The smallest absolute Gasteiger partial charge is 0.334 e. The Balaban J connectivity index is 1.37. The molecule has 0 saturated carbocycles. The van der Waals surface area contributed by atoms with Crippen LogP contribution in [0.2, 0.25) is 0 Å². The van der Waals surface area contributed by atoms with E-state index in [4.69, 9.17) is 18.6 Å². The molecule has 6 rings (SSSR count). The van der Waals surface area contributed by atoms with E-state index in [1.165, 1.54) is 16.7 Å². The number of hydrogen-bond donors (Lipinski definition) is 0. The molecular weight excluding hydrogens is 504 g/mol. The van der Waals surface area contributed by atoms with E-state index in [2.05, 4.69) is 32.9 Å². The van der Waals surface area contributed by atoms with Crippen molar-refractivity contribution in [1.29, 1.82) is 0 Å². The summed E-state index contributed by atoms with van der Waals surface area (Å²) < 4.78 is 23.5. The number of aryl methyl sites for hydroxylation is 2. The predicted octanol–water partition coefficient (Wildman–Crippen LogP) is 6.92. The van der Waals surface area contributed by atoms with Gasteiger partial charge in [-0.1, -0.05) is 12.1 Å². The Hall–Kier alpha value is -4.32. The summed E-state index contributed by atoms with van der Waals surface area (Å²) in [4.78, 5) is 27.1. The molecule has 0 radical (unpaired) electrons. The van der Waals surface area contributed by atoms with Crippen LogP contribution < -0.4 is 4.74 Å². The van der Waals surface area contributed by atoms with Gasteiger partial charge < -0.3 is 18.6 Å². The molecule has 40 heavy (non-hydrogen) atoms. The second-order valence-electron chi connectivity index (χ2n) is 10.7. The van der Waals surface area contributed by atoms with E-state index in [0.29, 0.717) is 23.7 Å². The second-order valence-corrected chi connectivity index (χ2v) is 10.7. The Bertz CT molecular complexity index is 1620. The lowest BCUT2D eigenvalue weighted by molar-refractivity contribution is -0.139. The number of esters is 1. The van der Waals surface area contributed by atoms with Crippen LogP contribution in [0.1, 0.15) is 53.3 Å². The highest BCUT2D eigenvalue weighted by Gasteiger charge is 2.48. The third kappa shape index (κ3) is 4.37. The number of ether oxygens (including phenoxy) is 3. The Morgan fingerprint density at radius 1 is 1.02 bits per heavy atom. The lowest BCUT2D eigenvalue weighted by atomic mass is 9.73. The van der Waals surface area contributed by atoms with Crippen LogP contribution in [-0.4, -0.2) is 25.0 Å². The van der Waals surface area contributed by atoms with Gasteiger partial charge in [0.1, 0.15) is 23.0 Å². The lowest BCUT2D eigenvalue weighted by Gasteiger charge is -2.29. The van der Waals surface area contributed by atoms with Gasteiger partial charge in [-0.15, -0.1) is 0 Å². The number of carbonyl (C=O) groups excluding carboxylic acids is 2. The number of furan rings is 1. The zero-order valence-corrected chi connectivity index (χ0v) is 23.4.